The summed E-state index contributed by atoms with van der Waals surface area (Å²) >= 11 is 0. The third-order valence-electron chi connectivity index (χ3n) is 4.71. The molecule has 1 aromatic rings. The van der Waals surface area contributed by atoms with Gasteiger partial charge in [0.05, 0.1) is 6.04 Å². The van der Waals surface area contributed by atoms with Crippen LogP contribution in [0.1, 0.15) is 18.0 Å². The van der Waals surface area contributed by atoms with E-state index >= 15 is 0 Å². The summed E-state index contributed by atoms with van der Waals surface area (Å²) in [5.41, 5.74) is 0.804. The maximum Gasteiger partial charge on any atom is 0.335 e. The molecule has 1 aromatic heterocycles. The van der Waals surface area contributed by atoms with Crippen LogP contribution in [0.25, 0.3) is 0 Å². The maximum absolute atomic E-state index is 12.4. The molecule has 0 saturated carbocycles. The quantitative estimate of drug-likeness (QED) is 0.486. The summed E-state index contributed by atoms with van der Waals surface area (Å²) in [7, 11) is 1.60. The standard InChI is InChI=1S/C16H20N2O8/c1-18-8(7-3-2-4-17-6-7)5-9(14(18)22)25-16-12(21)10(19)11(20)13(26-16)15(23)24/h2-4,6,8-13,16,19-21H,5H2,1H3,(H,23,24)/t8-,9+,10-,11+,12-,13?,16+/m0/s1. The van der Waals surface area contributed by atoms with Crippen LogP contribution in [0.2, 0.25) is 0 Å². The molecule has 1 amide bonds. The number of likely N-dealkylation sites (tertiary alicyclic amines) is 1. The van der Waals surface area contributed by atoms with E-state index in [1.54, 1.807) is 25.5 Å². The number of rotatable bonds is 4. The van der Waals surface area contributed by atoms with Crippen molar-refractivity contribution in [3.8, 4) is 0 Å². The molecule has 2 aliphatic rings. The molecule has 10 nitrogen and oxygen atoms in total. The van der Waals surface area contributed by atoms with Gasteiger partial charge in [0.2, 0.25) is 0 Å². The fourth-order valence-electron chi connectivity index (χ4n) is 3.22. The Morgan fingerprint density at radius 1 is 1.31 bits per heavy atom. The molecule has 2 saturated heterocycles. The molecule has 0 aliphatic carbocycles. The number of carbonyl (C=O) groups is 2. The molecule has 0 radical (unpaired) electrons. The number of carboxylic acid groups (broad SMARTS) is 1. The van der Waals surface area contributed by atoms with Crippen molar-refractivity contribution >= 4 is 11.9 Å². The van der Waals surface area contributed by atoms with E-state index in [9.17, 15) is 24.9 Å². The number of aromatic nitrogens is 1. The van der Waals surface area contributed by atoms with Gasteiger partial charge >= 0.3 is 5.97 Å². The van der Waals surface area contributed by atoms with E-state index in [0.29, 0.717) is 0 Å². The zero-order chi connectivity index (χ0) is 19.0. The first-order valence-electron chi connectivity index (χ1n) is 8.05. The number of nitrogens with zero attached hydrogens (tertiary/aromatic N) is 2. The highest BCUT2D eigenvalue weighted by Crippen LogP contribution is 2.34. The Morgan fingerprint density at radius 3 is 2.65 bits per heavy atom. The topological polar surface area (TPSA) is 150 Å². The maximum atomic E-state index is 12.4. The van der Waals surface area contributed by atoms with Gasteiger partial charge in [-0.05, 0) is 11.6 Å². The van der Waals surface area contributed by atoms with Gasteiger partial charge in [0.1, 0.15) is 24.4 Å². The van der Waals surface area contributed by atoms with Gasteiger partial charge in [-0.25, -0.2) is 4.79 Å². The molecule has 2 aliphatic heterocycles. The van der Waals surface area contributed by atoms with Crippen molar-refractivity contribution in [3.63, 3.8) is 0 Å². The molecule has 2 fully saturated rings. The SMILES string of the molecule is CN1C(=O)[C@H](O[C@@H]2OC(C(=O)O)[C@H](O)[C@H](O)[C@@H]2O)C[C@H]1c1cccnc1. The lowest BCUT2D eigenvalue weighted by molar-refractivity contribution is -0.301. The third kappa shape index (κ3) is 3.29. The fourth-order valence-corrected chi connectivity index (χ4v) is 3.22. The zero-order valence-electron chi connectivity index (χ0n) is 13.9. The summed E-state index contributed by atoms with van der Waals surface area (Å²) in [6.07, 6.45) is -6.15. The van der Waals surface area contributed by atoms with Gasteiger partial charge in [-0.3, -0.25) is 9.78 Å². The van der Waals surface area contributed by atoms with Crippen molar-refractivity contribution in [2.75, 3.05) is 7.05 Å². The summed E-state index contributed by atoms with van der Waals surface area (Å²) in [6, 6.07) is 3.26. The van der Waals surface area contributed by atoms with Crippen LogP contribution in [0.4, 0.5) is 0 Å². The second-order valence-corrected chi connectivity index (χ2v) is 6.35. The summed E-state index contributed by atoms with van der Waals surface area (Å²) in [4.78, 5) is 29.1. The predicted molar refractivity (Wildman–Crippen MR) is 83.6 cm³/mol. The van der Waals surface area contributed by atoms with Crippen LogP contribution in [0.15, 0.2) is 24.5 Å². The van der Waals surface area contributed by atoms with Crippen LogP contribution in [-0.2, 0) is 19.1 Å². The number of carboxylic acids is 1. The van der Waals surface area contributed by atoms with Crippen LogP contribution in [0.3, 0.4) is 0 Å². The Hall–Kier alpha value is -2.11. The summed E-state index contributed by atoms with van der Waals surface area (Å²) in [5, 5.41) is 38.6. The molecule has 3 rings (SSSR count). The minimum absolute atomic E-state index is 0.240. The number of aliphatic hydroxyl groups is 3. The van der Waals surface area contributed by atoms with Gasteiger partial charge < -0.3 is 34.8 Å². The number of hydrogen-bond donors (Lipinski definition) is 4. The highest BCUT2D eigenvalue weighted by Gasteiger charge is 2.50. The van der Waals surface area contributed by atoms with Gasteiger partial charge in [0.25, 0.3) is 5.91 Å². The fraction of sp³-hybridized carbons (Fsp3) is 0.562. The molecule has 0 spiro atoms. The van der Waals surface area contributed by atoms with E-state index in [1.807, 2.05) is 6.07 Å². The Labute approximate surface area is 148 Å². The van der Waals surface area contributed by atoms with Gasteiger partial charge in [0.15, 0.2) is 12.4 Å². The third-order valence-corrected chi connectivity index (χ3v) is 4.71. The molecule has 4 N–H and O–H groups in total. The minimum Gasteiger partial charge on any atom is -0.479 e. The first-order valence-corrected chi connectivity index (χ1v) is 8.05. The minimum atomic E-state index is -1.81. The lowest BCUT2D eigenvalue weighted by Gasteiger charge is -2.39. The van der Waals surface area contributed by atoms with Crippen LogP contribution < -0.4 is 0 Å². The molecule has 26 heavy (non-hydrogen) atoms. The van der Waals surface area contributed by atoms with Gasteiger partial charge in [0, 0.05) is 25.9 Å². The van der Waals surface area contributed by atoms with Gasteiger partial charge in [-0.2, -0.15) is 0 Å². The number of likely N-dealkylation sites (N-methyl/N-ethyl adjacent to an activating group) is 1. The summed E-state index contributed by atoms with van der Waals surface area (Å²) in [5.74, 6) is -1.89. The van der Waals surface area contributed by atoms with Crippen LogP contribution in [0.5, 0.6) is 0 Å². The Morgan fingerprint density at radius 2 is 2.04 bits per heavy atom. The second-order valence-electron chi connectivity index (χ2n) is 6.35. The molecule has 0 aromatic carbocycles. The van der Waals surface area contributed by atoms with E-state index < -0.39 is 42.8 Å². The number of aliphatic hydroxyl groups excluding tert-OH is 3. The van der Waals surface area contributed by atoms with E-state index in [1.165, 1.54) is 4.90 Å². The smallest absolute Gasteiger partial charge is 0.335 e. The van der Waals surface area contributed by atoms with E-state index in [-0.39, 0.29) is 18.4 Å². The normalized spacial score (nSPS) is 37.8. The van der Waals surface area contributed by atoms with Crippen molar-refractivity contribution in [2.45, 2.75) is 49.3 Å². The van der Waals surface area contributed by atoms with Crippen LogP contribution in [-0.4, -0.2) is 86.0 Å². The Balaban J connectivity index is 1.73. The van der Waals surface area contributed by atoms with Crippen molar-refractivity contribution in [1.29, 1.82) is 0 Å². The molecule has 0 bridgehead atoms. The number of hydrogen-bond acceptors (Lipinski definition) is 8. The first kappa shape index (κ1) is 18.7. The number of pyridine rings is 1. The molecule has 1 unspecified atom stereocenters. The molecule has 142 valence electrons. The lowest BCUT2D eigenvalue weighted by atomic mass is 9.99. The lowest BCUT2D eigenvalue weighted by Crippen LogP contribution is -2.61. The average molecular weight is 368 g/mol. The number of amides is 1. The Kier molecular flexibility index (Phi) is 5.21. The first-order chi connectivity index (χ1) is 12.3. The van der Waals surface area contributed by atoms with Crippen molar-refractivity contribution in [2.24, 2.45) is 0 Å². The summed E-state index contributed by atoms with van der Waals surface area (Å²) in [6.45, 7) is 0. The molecular formula is C16H20N2O8. The van der Waals surface area contributed by atoms with Crippen molar-refractivity contribution in [1.82, 2.24) is 9.88 Å². The summed E-state index contributed by atoms with van der Waals surface area (Å²) < 4.78 is 10.5. The van der Waals surface area contributed by atoms with Gasteiger partial charge in [-0.15, -0.1) is 0 Å². The Bertz CT molecular complexity index is 671. The van der Waals surface area contributed by atoms with Crippen molar-refractivity contribution < 1.29 is 39.5 Å². The van der Waals surface area contributed by atoms with Crippen molar-refractivity contribution in [3.05, 3.63) is 30.1 Å². The van der Waals surface area contributed by atoms with E-state index in [0.717, 1.165) is 5.56 Å². The van der Waals surface area contributed by atoms with Gasteiger partial charge in [-0.1, -0.05) is 6.07 Å². The van der Waals surface area contributed by atoms with Crippen LogP contribution in [0, 0.1) is 0 Å². The highest BCUT2D eigenvalue weighted by atomic mass is 16.7. The second kappa shape index (κ2) is 7.25. The largest absolute Gasteiger partial charge is 0.479 e. The molecule has 7 atom stereocenters. The monoisotopic (exact) mass is 368 g/mol. The van der Waals surface area contributed by atoms with E-state index in [2.05, 4.69) is 4.98 Å². The molecule has 3 heterocycles. The number of carbonyl (C=O) groups excluding carboxylic acids is 1. The molecule has 10 heteroatoms. The van der Waals surface area contributed by atoms with Crippen LogP contribution >= 0.6 is 0 Å². The van der Waals surface area contributed by atoms with E-state index in [4.69, 9.17) is 14.6 Å². The average Bonchev–Trinajstić information content (AvgIpc) is 2.91. The number of ether oxygens (including phenoxy) is 2. The number of aliphatic carboxylic acids is 1. The molecular weight excluding hydrogens is 348 g/mol. The zero-order valence-corrected chi connectivity index (χ0v) is 13.9. The predicted octanol–water partition coefficient (Wildman–Crippen LogP) is -1.74. The highest BCUT2D eigenvalue weighted by molar-refractivity contribution is 5.83.